The third-order valence-electron chi connectivity index (χ3n) is 3.24. The number of hydrogen-bond acceptors (Lipinski definition) is 5. The van der Waals surface area contributed by atoms with Gasteiger partial charge in [-0.25, -0.2) is 15.0 Å². The number of rotatable bonds is 2. The predicted molar refractivity (Wildman–Crippen MR) is 72.2 cm³/mol. The molecule has 0 atom stereocenters. The van der Waals surface area contributed by atoms with E-state index in [9.17, 15) is 0 Å². The summed E-state index contributed by atoms with van der Waals surface area (Å²) in [4.78, 5) is 13.0. The summed E-state index contributed by atoms with van der Waals surface area (Å²) in [5.41, 5.74) is 5.48. The van der Waals surface area contributed by atoms with E-state index in [4.69, 9.17) is 0 Å². The Bertz CT molecular complexity index is 905. The van der Waals surface area contributed by atoms with Gasteiger partial charge in [0.1, 0.15) is 17.5 Å². The zero-order valence-corrected chi connectivity index (χ0v) is 10.8. The SMILES string of the molecule is Cc1cc2ncc(Cc3cnc4nn[nH]c4c3)n2cn1. The highest BCUT2D eigenvalue weighted by Gasteiger charge is 2.07. The molecule has 0 aliphatic heterocycles. The summed E-state index contributed by atoms with van der Waals surface area (Å²) in [6, 6.07) is 3.97. The van der Waals surface area contributed by atoms with Gasteiger partial charge in [-0.2, -0.15) is 0 Å². The lowest BCUT2D eigenvalue weighted by atomic mass is 10.1. The van der Waals surface area contributed by atoms with Crippen molar-refractivity contribution in [2.75, 3.05) is 0 Å². The fraction of sp³-hybridized carbons (Fsp3) is 0.154. The Kier molecular flexibility index (Phi) is 2.26. The minimum atomic E-state index is 0.629. The van der Waals surface area contributed by atoms with E-state index in [0.717, 1.165) is 34.5 Å². The third-order valence-corrected chi connectivity index (χ3v) is 3.24. The molecule has 0 unspecified atom stereocenters. The largest absolute Gasteiger partial charge is 0.287 e. The molecule has 0 aromatic carbocycles. The molecule has 98 valence electrons. The maximum Gasteiger partial charge on any atom is 0.201 e. The summed E-state index contributed by atoms with van der Waals surface area (Å²) in [5, 5.41) is 10.4. The number of hydrogen-bond donors (Lipinski definition) is 1. The molecule has 0 saturated heterocycles. The predicted octanol–water partition coefficient (Wildman–Crippen LogP) is 1.29. The highest BCUT2D eigenvalue weighted by Crippen LogP contribution is 2.14. The van der Waals surface area contributed by atoms with Crippen molar-refractivity contribution in [2.45, 2.75) is 13.3 Å². The van der Waals surface area contributed by atoms with Crippen molar-refractivity contribution in [1.29, 1.82) is 0 Å². The van der Waals surface area contributed by atoms with Crippen molar-refractivity contribution in [2.24, 2.45) is 0 Å². The van der Waals surface area contributed by atoms with Crippen LogP contribution in [0, 0.1) is 6.92 Å². The molecule has 20 heavy (non-hydrogen) atoms. The minimum Gasteiger partial charge on any atom is -0.287 e. The van der Waals surface area contributed by atoms with Crippen molar-refractivity contribution >= 4 is 16.8 Å². The van der Waals surface area contributed by atoms with E-state index in [1.165, 1.54) is 0 Å². The van der Waals surface area contributed by atoms with Crippen LogP contribution in [0.4, 0.5) is 0 Å². The number of aromatic amines is 1. The van der Waals surface area contributed by atoms with Gasteiger partial charge in [0.05, 0.1) is 0 Å². The highest BCUT2D eigenvalue weighted by molar-refractivity contribution is 5.69. The molecule has 0 bridgehead atoms. The normalized spacial score (nSPS) is 11.4. The Balaban J connectivity index is 1.76. The van der Waals surface area contributed by atoms with Crippen LogP contribution in [-0.2, 0) is 6.42 Å². The standard InChI is InChI=1S/C13H11N7/c1-8-2-12-14-6-10(20(12)7-16-8)3-9-4-11-13(15-5-9)18-19-17-11/h2,4-7H,3H2,1H3,(H,15,17,18,19). The summed E-state index contributed by atoms with van der Waals surface area (Å²) in [6.07, 6.45) is 6.21. The molecular weight excluding hydrogens is 254 g/mol. The lowest BCUT2D eigenvalue weighted by Crippen LogP contribution is -1.97. The van der Waals surface area contributed by atoms with Crippen LogP contribution >= 0.6 is 0 Å². The Morgan fingerprint density at radius 2 is 2.10 bits per heavy atom. The van der Waals surface area contributed by atoms with Gasteiger partial charge in [-0.15, -0.1) is 5.10 Å². The fourth-order valence-corrected chi connectivity index (χ4v) is 2.25. The monoisotopic (exact) mass is 265 g/mol. The molecule has 4 aromatic heterocycles. The molecule has 7 nitrogen and oxygen atoms in total. The number of nitrogens with one attached hydrogen (secondary N) is 1. The number of nitrogens with zero attached hydrogens (tertiary/aromatic N) is 6. The molecule has 4 aromatic rings. The van der Waals surface area contributed by atoms with Crippen LogP contribution in [-0.4, -0.2) is 34.8 Å². The van der Waals surface area contributed by atoms with Crippen LogP contribution in [0.25, 0.3) is 16.8 Å². The topological polar surface area (TPSA) is 84.6 Å². The van der Waals surface area contributed by atoms with E-state index in [1.807, 2.05) is 35.9 Å². The average molecular weight is 265 g/mol. The van der Waals surface area contributed by atoms with Gasteiger partial charge in [-0.1, -0.05) is 5.21 Å². The lowest BCUT2D eigenvalue weighted by Gasteiger charge is -2.02. The molecule has 0 aliphatic carbocycles. The van der Waals surface area contributed by atoms with E-state index >= 15 is 0 Å². The zero-order valence-electron chi connectivity index (χ0n) is 10.8. The van der Waals surface area contributed by atoms with Crippen molar-refractivity contribution in [3.63, 3.8) is 0 Å². The Labute approximate surface area is 113 Å². The van der Waals surface area contributed by atoms with Gasteiger partial charge in [-0.05, 0) is 18.6 Å². The van der Waals surface area contributed by atoms with E-state index in [0.29, 0.717) is 5.65 Å². The van der Waals surface area contributed by atoms with Gasteiger partial charge in [0.2, 0.25) is 5.65 Å². The van der Waals surface area contributed by atoms with E-state index in [2.05, 4.69) is 30.4 Å². The Morgan fingerprint density at radius 3 is 3.05 bits per heavy atom. The van der Waals surface area contributed by atoms with Gasteiger partial charge in [0, 0.05) is 36.3 Å². The average Bonchev–Trinajstić information content (AvgIpc) is 3.05. The first-order valence-electron chi connectivity index (χ1n) is 6.24. The van der Waals surface area contributed by atoms with Crippen LogP contribution in [0.2, 0.25) is 0 Å². The number of aromatic nitrogens is 7. The second-order valence-electron chi connectivity index (χ2n) is 4.71. The summed E-state index contributed by atoms with van der Waals surface area (Å²) >= 11 is 0. The number of aryl methyl sites for hydroxylation is 1. The highest BCUT2D eigenvalue weighted by atomic mass is 15.3. The van der Waals surface area contributed by atoms with E-state index in [-0.39, 0.29) is 0 Å². The summed E-state index contributed by atoms with van der Waals surface area (Å²) in [7, 11) is 0. The summed E-state index contributed by atoms with van der Waals surface area (Å²) < 4.78 is 1.99. The molecule has 4 heterocycles. The maximum absolute atomic E-state index is 4.40. The van der Waals surface area contributed by atoms with Gasteiger partial charge in [0.15, 0.2) is 0 Å². The second-order valence-corrected chi connectivity index (χ2v) is 4.71. The molecule has 0 aliphatic rings. The molecule has 1 N–H and O–H groups in total. The lowest BCUT2D eigenvalue weighted by molar-refractivity contribution is 0.954. The third kappa shape index (κ3) is 1.71. The maximum atomic E-state index is 4.40. The fourth-order valence-electron chi connectivity index (χ4n) is 2.25. The molecule has 0 amide bonds. The molecule has 0 saturated carbocycles. The van der Waals surface area contributed by atoms with Gasteiger partial charge >= 0.3 is 0 Å². The van der Waals surface area contributed by atoms with Crippen molar-refractivity contribution in [1.82, 2.24) is 34.8 Å². The van der Waals surface area contributed by atoms with Crippen LogP contribution < -0.4 is 0 Å². The number of H-pyrrole nitrogens is 1. The summed E-state index contributed by atoms with van der Waals surface area (Å²) in [6.45, 7) is 1.96. The molecule has 0 radical (unpaired) electrons. The smallest absolute Gasteiger partial charge is 0.201 e. The number of fused-ring (bicyclic) bond motifs is 2. The number of pyridine rings is 1. The zero-order chi connectivity index (χ0) is 13.5. The van der Waals surface area contributed by atoms with Gasteiger partial charge < -0.3 is 0 Å². The quantitative estimate of drug-likeness (QED) is 0.590. The first-order chi connectivity index (χ1) is 9.79. The molecule has 4 rings (SSSR count). The van der Waals surface area contributed by atoms with Crippen molar-refractivity contribution in [3.05, 3.63) is 47.8 Å². The van der Waals surface area contributed by atoms with Gasteiger partial charge in [0.25, 0.3) is 0 Å². The first-order valence-corrected chi connectivity index (χ1v) is 6.24. The van der Waals surface area contributed by atoms with Crippen molar-refractivity contribution < 1.29 is 0 Å². The molecular formula is C13H11N7. The Hall–Kier alpha value is -2.83. The molecule has 0 fully saturated rings. The first kappa shape index (κ1) is 11.0. The van der Waals surface area contributed by atoms with Crippen LogP contribution in [0.3, 0.4) is 0 Å². The van der Waals surface area contributed by atoms with E-state index in [1.54, 1.807) is 6.33 Å². The number of imidazole rings is 1. The Morgan fingerprint density at radius 1 is 1.15 bits per heavy atom. The van der Waals surface area contributed by atoms with Crippen LogP contribution in [0.1, 0.15) is 17.0 Å². The second kappa shape index (κ2) is 4.09. The van der Waals surface area contributed by atoms with Crippen molar-refractivity contribution in [3.8, 4) is 0 Å². The van der Waals surface area contributed by atoms with E-state index < -0.39 is 0 Å². The minimum absolute atomic E-state index is 0.629. The molecule has 7 heteroatoms. The molecule has 0 spiro atoms. The van der Waals surface area contributed by atoms with Gasteiger partial charge in [-0.3, -0.25) is 9.50 Å². The van der Waals surface area contributed by atoms with Crippen LogP contribution in [0.5, 0.6) is 0 Å². The van der Waals surface area contributed by atoms with Crippen LogP contribution in [0.15, 0.2) is 30.9 Å². The summed E-state index contributed by atoms with van der Waals surface area (Å²) in [5.74, 6) is 0.